The fraction of sp³-hybridized carbons (Fsp3) is 0.158. The van der Waals surface area contributed by atoms with E-state index in [1.807, 2.05) is 23.6 Å². The Morgan fingerprint density at radius 3 is 2.64 bits per heavy atom. The summed E-state index contributed by atoms with van der Waals surface area (Å²) < 4.78 is 5.41. The minimum atomic E-state index is -0.187. The summed E-state index contributed by atoms with van der Waals surface area (Å²) in [6, 6.07) is 17.1. The predicted molar refractivity (Wildman–Crippen MR) is 100 cm³/mol. The molecule has 128 valence electrons. The first kappa shape index (κ1) is 17.5. The van der Waals surface area contributed by atoms with Crippen molar-refractivity contribution in [2.45, 2.75) is 13.0 Å². The molecule has 0 spiro atoms. The lowest BCUT2D eigenvalue weighted by Crippen LogP contribution is -2.28. The van der Waals surface area contributed by atoms with E-state index in [-0.39, 0.29) is 12.5 Å². The molecule has 0 aliphatic rings. The lowest BCUT2D eigenvalue weighted by molar-refractivity contribution is -0.123. The van der Waals surface area contributed by atoms with Gasteiger partial charge >= 0.3 is 0 Å². The van der Waals surface area contributed by atoms with Gasteiger partial charge in [0.15, 0.2) is 6.61 Å². The summed E-state index contributed by atoms with van der Waals surface area (Å²) in [5.41, 5.74) is 2.08. The molecule has 0 bridgehead atoms. The molecule has 0 saturated heterocycles. The molecule has 0 radical (unpaired) electrons. The van der Waals surface area contributed by atoms with Crippen LogP contribution in [0.1, 0.15) is 16.3 Å². The zero-order valence-electron chi connectivity index (χ0n) is 13.4. The highest BCUT2D eigenvalue weighted by molar-refractivity contribution is 7.09. The molecule has 3 rings (SSSR count). The Morgan fingerprint density at radius 1 is 1.12 bits per heavy atom. The number of nitrogens with one attached hydrogen (secondary N) is 1. The van der Waals surface area contributed by atoms with Gasteiger partial charge in [0, 0.05) is 16.8 Å². The van der Waals surface area contributed by atoms with Gasteiger partial charge < -0.3 is 10.1 Å². The molecule has 2 aromatic carbocycles. The topological polar surface area (TPSA) is 51.2 Å². The van der Waals surface area contributed by atoms with Gasteiger partial charge in [-0.05, 0) is 29.8 Å². The maximum atomic E-state index is 11.9. The molecule has 0 atom stereocenters. The summed E-state index contributed by atoms with van der Waals surface area (Å²) in [7, 11) is 0. The highest BCUT2D eigenvalue weighted by atomic mass is 35.5. The fourth-order valence-electron chi connectivity index (χ4n) is 2.20. The van der Waals surface area contributed by atoms with Crippen LogP contribution in [0.25, 0.3) is 0 Å². The number of carbonyl (C=O) groups excluding carboxylic acids is 1. The van der Waals surface area contributed by atoms with E-state index in [2.05, 4.69) is 22.4 Å². The Balaban J connectivity index is 1.43. The molecule has 0 aliphatic heterocycles. The zero-order chi connectivity index (χ0) is 17.5. The summed E-state index contributed by atoms with van der Waals surface area (Å²) in [6.45, 7) is 0.358. The molecule has 1 aromatic heterocycles. The molecule has 0 unspecified atom stereocenters. The van der Waals surface area contributed by atoms with Crippen LogP contribution in [0.4, 0.5) is 0 Å². The van der Waals surface area contributed by atoms with Crippen LogP contribution < -0.4 is 10.1 Å². The molecule has 25 heavy (non-hydrogen) atoms. The van der Waals surface area contributed by atoms with Crippen LogP contribution >= 0.6 is 22.9 Å². The van der Waals surface area contributed by atoms with E-state index >= 15 is 0 Å². The van der Waals surface area contributed by atoms with Crippen LogP contribution in [-0.2, 0) is 17.8 Å². The van der Waals surface area contributed by atoms with E-state index in [4.69, 9.17) is 16.3 Å². The average molecular weight is 373 g/mol. The third-order valence-corrected chi connectivity index (χ3v) is 4.60. The smallest absolute Gasteiger partial charge is 0.258 e. The number of benzene rings is 2. The molecule has 4 nitrogen and oxygen atoms in total. The van der Waals surface area contributed by atoms with E-state index in [9.17, 15) is 4.79 Å². The van der Waals surface area contributed by atoms with Crippen LogP contribution in [0.5, 0.6) is 5.75 Å². The summed E-state index contributed by atoms with van der Waals surface area (Å²) >= 11 is 7.41. The number of hydrogen-bond acceptors (Lipinski definition) is 4. The molecule has 1 N–H and O–H groups in total. The number of carbonyl (C=O) groups is 1. The fourth-order valence-corrected chi connectivity index (χ4v) is 3.16. The third-order valence-electron chi connectivity index (χ3n) is 3.45. The van der Waals surface area contributed by atoms with Crippen LogP contribution in [0.15, 0.2) is 60.0 Å². The van der Waals surface area contributed by atoms with Gasteiger partial charge in [-0.2, -0.15) is 0 Å². The van der Waals surface area contributed by atoms with Crippen molar-refractivity contribution >= 4 is 28.8 Å². The SMILES string of the molecule is O=C(COc1ccc(Cl)cc1)NCc1csc(Cc2ccccc2)n1. The second-order valence-electron chi connectivity index (χ2n) is 5.41. The van der Waals surface area contributed by atoms with Crippen molar-refractivity contribution < 1.29 is 9.53 Å². The number of hydrogen-bond donors (Lipinski definition) is 1. The number of rotatable bonds is 7. The minimum Gasteiger partial charge on any atom is -0.484 e. The van der Waals surface area contributed by atoms with E-state index < -0.39 is 0 Å². The molecule has 3 aromatic rings. The standard InChI is InChI=1S/C19H17ClN2O2S/c20-15-6-8-17(9-7-15)24-12-18(23)21-11-16-13-25-19(22-16)10-14-4-2-1-3-5-14/h1-9,13H,10-12H2,(H,21,23). The van der Waals surface area contributed by atoms with Crippen molar-refractivity contribution in [1.29, 1.82) is 0 Å². The molecule has 1 amide bonds. The van der Waals surface area contributed by atoms with Crippen molar-refractivity contribution in [2.24, 2.45) is 0 Å². The van der Waals surface area contributed by atoms with Gasteiger partial charge in [-0.25, -0.2) is 4.98 Å². The maximum absolute atomic E-state index is 11.9. The summed E-state index contributed by atoms with van der Waals surface area (Å²) in [5, 5.41) is 6.45. The van der Waals surface area contributed by atoms with Gasteiger partial charge in [-0.3, -0.25) is 4.79 Å². The Hall–Kier alpha value is -2.37. The normalized spacial score (nSPS) is 10.4. The second-order valence-corrected chi connectivity index (χ2v) is 6.79. The Morgan fingerprint density at radius 2 is 1.88 bits per heavy atom. The highest BCUT2D eigenvalue weighted by Crippen LogP contribution is 2.16. The van der Waals surface area contributed by atoms with Gasteiger partial charge in [-0.1, -0.05) is 41.9 Å². The van der Waals surface area contributed by atoms with E-state index in [1.54, 1.807) is 35.6 Å². The van der Waals surface area contributed by atoms with E-state index in [0.717, 1.165) is 17.1 Å². The summed E-state index contributed by atoms with van der Waals surface area (Å²) in [5.74, 6) is 0.422. The van der Waals surface area contributed by atoms with E-state index in [1.165, 1.54) is 5.56 Å². The highest BCUT2D eigenvalue weighted by Gasteiger charge is 2.06. The quantitative estimate of drug-likeness (QED) is 0.679. The van der Waals surface area contributed by atoms with Crippen molar-refractivity contribution in [2.75, 3.05) is 6.61 Å². The maximum Gasteiger partial charge on any atom is 0.258 e. The van der Waals surface area contributed by atoms with Gasteiger partial charge in [0.2, 0.25) is 0 Å². The van der Waals surface area contributed by atoms with Gasteiger partial charge in [0.1, 0.15) is 5.75 Å². The number of ether oxygens (including phenoxy) is 1. The van der Waals surface area contributed by atoms with Crippen molar-refractivity contribution in [3.8, 4) is 5.75 Å². The molecule has 0 aliphatic carbocycles. The first-order chi connectivity index (χ1) is 12.2. The van der Waals surface area contributed by atoms with Crippen molar-refractivity contribution in [1.82, 2.24) is 10.3 Å². The molecule has 0 saturated carbocycles. The van der Waals surface area contributed by atoms with Gasteiger partial charge in [0.25, 0.3) is 5.91 Å². The summed E-state index contributed by atoms with van der Waals surface area (Å²) in [6.07, 6.45) is 0.805. The average Bonchev–Trinajstić information content (AvgIpc) is 3.08. The second kappa shape index (κ2) is 8.65. The number of halogens is 1. The number of amides is 1. The van der Waals surface area contributed by atoms with Crippen LogP contribution in [0, 0.1) is 0 Å². The number of nitrogens with zero attached hydrogens (tertiary/aromatic N) is 1. The minimum absolute atomic E-state index is 0.0390. The Labute approximate surface area is 155 Å². The molecule has 1 heterocycles. The lowest BCUT2D eigenvalue weighted by atomic mass is 10.2. The van der Waals surface area contributed by atoms with E-state index in [0.29, 0.717) is 17.3 Å². The first-order valence-electron chi connectivity index (χ1n) is 7.81. The Bertz CT molecular complexity index is 819. The Kier molecular flexibility index (Phi) is 6.04. The molecular formula is C19H17ClN2O2S. The lowest BCUT2D eigenvalue weighted by Gasteiger charge is -2.06. The monoisotopic (exact) mass is 372 g/mol. The van der Waals surface area contributed by atoms with Crippen molar-refractivity contribution in [3.05, 3.63) is 81.3 Å². The number of aromatic nitrogens is 1. The molecule has 0 fully saturated rings. The van der Waals surface area contributed by atoms with Crippen LogP contribution in [0.2, 0.25) is 5.02 Å². The summed E-state index contributed by atoms with van der Waals surface area (Å²) in [4.78, 5) is 16.4. The van der Waals surface area contributed by atoms with Crippen LogP contribution in [0.3, 0.4) is 0 Å². The van der Waals surface area contributed by atoms with Gasteiger partial charge in [-0.15, -0.1) is 11.3 Å². The zero-order valence-corrected chi connectivity index (χ0v) is 15.0. The first-order valence-corrected chi connectivity index (χ1v) is 9.07. The molecule has 6 heteroatoms. The van der Waals surface area contributed by atoms with Crippen molar-refractivity contribution in [3.63, 3.8) is 0 Å². The largest absolute Gasteiger partial charge is 0.484 e. The van der Waals surface area contributed by atoms with Gasteiger partial charge in [0.05, 0.1) is 17.2 Å². The predicted octanol–water partition coefficient (Wildman–Crippen LogP) is 4.08. The molecular weight excluding hydrogens is 356 g/mol. The van der Waals surface area contributed by atoms with Crippen LogP contribution in [-0.4, -0.2) is 17.5 Å². The third kappa shape index (κ3) is 5.59. The number of thiazole rings is 1.